The molecule has 0 atom stereocenters. The number of Topliss-reactive ketones (excluding diaryl/α,β-unsaturated/α-hetero) is 1. The lowest BCUT2D eigenvalue weighted by molar-refractivity contribution is -0.119. The van der Waals surface area contributed by atoms with Crippen LogP contribution in [-0.2, 0) is 4.79 Å². The van der Waals surface area contributed by atoms with Gasteiger partial charge in [-0.1, -0.05) is 72.6 Å². The maximum absolute atomic E-state index is 12.4. The minimum Gasteiger partial charge on any atom is -0.353 e. The Balaban J connectivity index is 1.51. The van der Waals surface area contributed by atoms with E-state index in [2.05, 4.69) is 15.3 Å². The summed E-state index contributed by atoms with van der Waals surface area (Å²) in [4.78, 5) is 33.5. The highest BCUT2D eigenvalue weighted by atomic mass is 32.2. The van der Waals surface area contributed by atoms with Gasteiger partial charge in [0.15, 0.2) is 10.9 Å². The molecule has 1 heterocycles. The van der Waals surface area contributed by atoms with Crippen LogP contribution >= 0.6 is 23.5 Å². The number of amides is 1. The van der Waals surface area contributed by atoms with Crippen molar-refractivity contribution in [3.63, 3.8) is 0 Å². The highest BCUT2D eigenvalue weighted by Gasteiger charge is 2.16. The average molecular weight is 430 g/mol. The van der Waals surface area contributed by atoms with E-state index in [1.54, 1.807) is 0 Å². The smallest absolute Gasteiger partial charge is 0.230 e. The predicted octanol–water partition coefficient (Wildman–Crippen LogP) is 4.61. The summed E-state index contributed by atoms with van der Waals surface area (Å²) < 4.78 is 0. The molecule has 2 aromatic rings. The van der Waals surface area contributed by atoms with Crippen LogP contribution in [0.4, 0.5) is 0 Å². The van der Waals surface area contributed by atoms with Gasteiger partial charge in [-0.25, -0.2) is 9.97 Å². The Kier molecular flexibility index (Phi) is 8.12. The van der Waals surface area contributed by atoms with Gasteiger partial charge in [-0.05, 0) is 32.8 Å². The molecule has 1 saturated carbocycles. The summed E-state index contributed by atoms with van der Waals surface area (Å²) in [7, 11) is 0. The molecule has 3 rings (SSSR count). The quantitative estimate of drug-likeness (QED) is 0.286. The van der Waals surface area contributed by atoms with Gasteiger partial charge >= 0.3 is 0 Å². The van der Waals surface area contributed by atoms with Crippen molar-refractivity contribution in [2.24, 2.45) is 0 Å². The van der Waals surface area contributed by atoms with E-state index in [1.165, 1.54) is 42.8 Å². The van der Waals surface area contributed by atoms with E-state index < -0.39 is 0 Å². The number of rotatable bonds is 8. The first-order valence-corrected chi connectivity index (χ1v) is 12.0. The van der Waals surface area contributed by atoms with Crippen LogP contribution in [0.2, 0.25) is 0 Å². The highest BCUT2D eigenvalue weighted by Crippen LogP contribution is 2.22. The topological polar surface area (TPSA) is 72.0 Å². The SMILES string of the molecule is Cc1ccc(C(=O)CSc2nc(C)cc(SCC(=O)NC3CCCCC3)n2)cc1. The molecular weight excluding hydrogens is 402 g/mol. The molecule has 154 valence electrons. The second kappa shape index (κ2) is 10.8. The maximum Gasteiger partial charge on any atom is 0.230 e. The predicted molar refractivity (Wildman–Crippen MR) is 119 cm³/mol. The molecule has 0 saturated heterocycles. The van der Waals surface area contributed by atoms with Gasteiger partial charge in [-0.2, -0.15) is 0 Å². The zero-order valence-electron chi connectivity index (χ0n) is 16.9. The van der Waals surface area contributed by atoms with Crippen LogP contribution in [0.15, 0.2) is 40.5 Å². The molecule has 5 nitrogen and oxygen atoms in total. The van der Waals surface area contributed by atoms with Crippen molar-refractivity contribution >= 4 is 35.2 Å². The first-order valence-electron chi connectivity index (χ1n) is 10.00. The number of hydrogen-bond acceptors (Lipinski definition) is 6. The van der Waals surface area contributed by atoms with Crippen molar-refractivity contribution < 1.29 is 9.59 Å². The molecule has 1 fully saturated rings. The largest absolute Gasteiger partial charge is 0.353 e. The number of aromatic nitrogens is 2. The Hall–Kier alpha value is -1.86. The fourth-order valence-corrected chi connectivity index (χ4v) is 4.88. The fourth-order valence-electron chi connectivity index (χ4n) is 3.26. The molecule has 29 heavy (non-hydrogen) atoms. The summed E-state index contributed by atoms with van der Waals surface area (Å²) in [5.41, 5.74) is 2.66. The monoisotopic (exact) mass is 429 g/mol. The van der Waals surface area contributed by atoms with E-state index in [0.29, 0.717) is 28.3 Å². The van der Waals surface area contributed by atoms with Crippen molar-refractivity contribution in [1.29, 1.82) is 0 Å². The van der Waals surface area contributed by atoms with Gasteiger partial charge in [-0.3, -0.25) is 9.59 Å². The summed E-state index contributed by atoms with van der Waals surface area (Å²) >= 11 is 2.75. The first kappa shape index (κ1) is 21.8. The normalized spacial score (nSPS) is 14.6. The van der Waals surface area contributed by atoms with Gasteiger partial charge in [0.1, 0.15) is 5.03 Å². The van der Waals surface area contributed by atoms with Crippen molar-refractivity contribution in [2.45, 2.75) is 62.2 Å². The van der Waals surface area contributed by atoms with Gasteiger partial charge in [0.2, 0.25) is 5.91 Å². The third kappa shape index (κ3) is 7.16. The van der Waals surface area contributed by atoms with Gasteiger partial charge in [0.05, 0.1) is 11.5 Å². The zero-order valence-corrected chi connectivity index (χ0v) is 18.6. The second-order valence-electron chi connectivity index (χ2n) is 7.40. The molecular formula is C22H27N3O2S2. The summed E-state index contributed by atoms with van der Waals surface area (Å²) in [6.07, 6.45) is 5.84. The molecule has 7 heteroatoms. The van der Waals surface area contributed by atoms with Crippen LogP contribution in [0.25, 0.3) is 0 Å². The second-order valence-corrected chi connectivity index (χ2v) is 9.34. The van der Waals surface area contributed by atoms with Crippen LogP contribution in [0.1, 0.15) is 53.7 Å². The van der Waals surface area contributed by atoms with E-state index in [9.17, 15) is 9.59 Å². The van der Waals surface area contributed by atoms with Gasteiger partial charge in [-0.15, -0.1) is 0 Å². The van der Waals surface area contributed by atoms with Crippen LogP contribution in [0, 0.1) is 13.8 Å². The number of carbonyl (C=O) groups excluding carboxylic acids is 2. The van der Waals surface area contributed by atoms with E-state index in [0.717, 1.165) is 29.1 Å². The van der Waals surface area contributed by atoms with Gasteiger partial charge in [0, 0.05) is 17.3 Å². The standard InChI is InChI=1S/C22H27N3O2S2/c1-15-8-10-17(11-9-15)19(26)13-29-22-23-16(2)12-21(25-22)28-14-20(27)24-18-6-4-3-5-7-18/h8-12,18H,3-7,13-14H2,1-2H3,(H,24,27). The van der Waals surface area contributed by atoms with E-state index in [-0.39, 0.29) is 11.7 Å². The zero-order chi connectivity index (χ0) is 20.6. The lowest BCUT2D eigenvalue weighted by Crippen LogP contribution is -2.37. The third-order valence-electron chi connectivity index (χ3n) is 4.84. The average Bonchev–Trinajstić information content (AvgIpc) is 2.71. The number of benzene rings is 1. The summed E-state index contributed by atoms with van der Waals surface area (Å²) in [6, 6.07) is 9.78. The minimum atomic E-state index is 0.0566. The molecule has 1 N–H and O–H groups in total. The number of thioether (sulfide) groups is 2. The van der Waals surface area contributed by atoms with Crippen LogP contribution in [-0.4, -0.2) is 39.2 Å². The molecule has 0 aliphatic heterocycles. The minimum absolute atomic E-state index is 0.0566. The number of carbonyl (C=O) groups is 2. The number of ketones is 1. The van der Waals surface area contributed by atoms with Crippen LogP contribution in [0.3, 0.4) is 0 Å². The third-order valence-corrected chi connectivity index (χ3v) is 6.60. The lowest BCUT2D eigenvalue weighted by Gasteiger charge is -2.22. The molecule has 0 radical (unpaired) electrons. The van der Waals surface area contributed by atoms with Gasteiger partial charge < -0.3 is 5.32 Å². The van der Waals surface area contributed by atoms with Crippen molar-refractivity contribution in [2.75, 3.05) is 11.5 Å². The number of aryl methyl sites for hydroxylation is 2. The lowest BCUT2D eigenvalue weighted by atomic mass is 9.95. The van der Waals surface area contributed by atoms with Crippen LogP contribution < -0.4 is 5.32 Å². The summed E-state index contributed by atoms with van der Waals surface area (Å²) in [6.45, 7) is 3.90. The highest BCUT2D eigenvalue weighted by molar-refractivity contribution is 8.00. The molecule has 0 unspecified atom stereocenters. The fraction of sp³-hybridized carbons (Fsp3) is 0.455. The molecule has 1 aliphatic rings. The Labute approximate surface area is 180 Å². The van der Waals surface area contributed by atoms with Crippen molar-refractivity contribution in [1.82, 2.24) is 15.3 Å². The number of hydrogen-bond donors (Lipinski definition) is 1. The molecule has 1 aromatic carbocycles. The Bertz CT molecular complexity index is 850. The molecule has 0 spiro atoms. The molecule has 0 bridgehead atoms. The van der Waals surface area contributed by atoms with Gasteiger partial charge in [0.25, 0.3) is 0 Å². The van der Waals surface area contributed by atoms with E-state index in [1.807, 2.05) is 44.2 Å². The van der Waals surface area contributed by atoms with E-state index >= 15 is 0 Å². The molecule has 1 aliphatic carbocycles. The van der Waals surface area contributed by atoms with Crippen molar-refractivity contribution in [3.05, 3.63) is 47.2 Å². The Morgan fingerprint density at radius 3 is 2.45 bits per heavy atom. The van der Waals surface area contributed by atoms with Crippen LogP contribution in [0.5, 0.6) is 0 Å². The molecule has 1 amide bonds. The number of nitrogens with one attached hydrogen (secondary N) is 1. The summed E-state index contributed by atoms with van der Waals surface area (Å²) in [5.74, 6) is 0.751. The summed E-state index contributed by atoms with van der Waals surface area (Å²) in [5, 5.41) is 4.46. The first-order chi connectivity index (χ1) is 14.0. The maximum atomic E-state index is 12.4. The number of nitrogens with zero attached hydrogens (tertiary/aromatic N) is 2. The van der Waals surface area contributed by atoms with E-state index in [4.69, 9.17) is 0 Å². The Morgan fingerprint density at radius 1 is 1.00 bits per heavy atom. The molecule has 1 aromatic heterocycles. The van der Waals surface area contributed by atoms with Crippen molar-refractivity contribution in [3.8, 4) is 0 Å². The Morgan fingerprint density at radius 2 is 1.72 bits per heavy atom.